The molecule has 0 aromatic rings. The summed E-state index contributed by atoms with van der Waals surface area (Å²) in [6.07, 6.45) is 7.43. The standard InChI is InChI=1S/C8H6Cl2N2/c9-6-5-11-8(10)12-4-2-1-3-7(6)12/h1-3,5H,4H2. The van der Waals surface area contributed by atoms with Crippen LogP contribution in [0.1, 0.15) is 0 Å². The van der Waals surface area contributed by atoms with Gasteiger partial charge in [-0.3, -0.25) is 0 Å². The highest BCUT2D eigenvalue weighted by atomic mass is 35.5. The van der Waals surface area contributed by atoms with E-state index in [4.69, 9.17) is 23.2 Å². The van der Waals surface area contributed by atoms with E-state index in [9.17, 15) is 0 Å². The van der Waals surface area contributed by atoms with Crippen molar-refractivity contribution in [2.45, 2.75) is 0 Å². The molecule has 0 spiro atoms. The van der Waals surface area contributed by atoms with E-state index in [1.807, 2.05) is 23.1 Å². The molecule has 0 amide bonds. The maximum atomic E-state index is 5.91. The Balaban J connectivity index is 2.44. The molecule has 0 unspecified atom stereocenters. The molecule has 0 saturated carbocycles. The fourth-order valence-electron chi connectivity index (χ4n) is 1.14. The molecule has 2 aliphatic heterocycles. The average molecular weight is 201 g/mol. The zero-order valence-corrected chi connectivity index (χ0v) is 7.68. The van der Waals surface area contributed by atoms with E-state index in [1.54, 1.807) is 6.20 Å². The maximum absolute atomic E-state index is 5.91. The van der Waals surface area contributed by atoms with Gasteiger partial charge in [-0.1, -0.05) is 23.8 Å². The Hall–Kier alpha value is -0.730. The summed E-state index contributed by atoms with van der Waals surface area (Å²) in [5.41, 5.74) is 0.916. The third-order valence-electron chi connectivity index (χ3n) is 1.72. The molecule has 12 heavy (non-hydrogen) atoms. The summed E-state index contributed by atoms with van der Waals surface area (Å²) >= 11 is 11.8. The lowest BCUT2D eigenvalue weighted by molar-refractivity contribution is 0.582. The van der Waals surface area contributed by atoms with Crippen LogP contribution in [0, 0.1) is 0 Å². The van der Waals surface area contributed by atoms with Gasteiger partial charge in [-0.2, -0.15) is 0 Å². The van der Waals surface area contributed by atoms with Crippen molar-refractivity contribution in [3.05, 3.63) is 35.2 Å². The van der Waals surface area contributed by atoms with Gasteiger partial charge < -0.3 is 4.90 Å². The minimum atomic E-state index is 0.468. The molecule has 0 fully saturated rings. The number of nitrogens with zero attached hydrogens (tertiary/aromatic N) is 2. The van der Waals surface area contributed by atoms with Crippen LogP contribution in [0.3, 0.4) is 0 Å². The quantitative estimate of drug-likeness (QED) is 0.549. The molecular weight excluding hydrogens is 195 g/mol. The SMILES string of the molecule is ClC1=CN=C(Cl)N2CC=CC=C12. The summed E-state index contributed by atoms with van der Waals surface area (Å²) in [6.45, 7) is 0.734. The van der Waals surface area contributed by atoms with Crippen molar-refractivity contribution in [3.8, 4) is 0 Å². The summed E-state index contributed by atoms with van der Waals surface area (Å²) in [5, 5.41) is 1.10. The van der Waals surface area contributed by atoms with Gasteiger partial charge in [0.15, 0.2) is 0 Å². The number of rotatable bonds is 0. The zero-order chi connectivity index (χ0) is 8.55. The van der Waals surface area contributed by atoms with Crippen LogP contribution in [0.15, 0.2) is 40.1 Å². The van der Waals surface area contributed by atoms with E-state index in [2.05, 4.69) is 4.99 Å². The number of allylic oxidation sites excluding steroid dienone is 3. The first-order chi connectivity index (χ1) is 5.79. The predicted octanol–water partition coefficient (Wildman–Crippen LogP) is 2.43. The molecule has 0 atom stereocenters. The molecule has 2 rings (SSSR count). The van der Waals surface area contributed by atoms with Gasteiger partial charge in [-0.15, -0.1) is 0 Å². The Morgan fingerprint density at radius 2 is 2.25 bits per heavy atom. The van der Waals surface area contributed by atoms with Crippen LogP contribution >= 0.6 is 23.2 Å². The second-order valence-corrected chi connectivity index (χ2v) is 3.21. The molecule has 0 saturated heterocycles. The highest BCUT2D eigenvalue weighted by Crippen LogP contribution is 2.26. The number of amidine groups is 1. The van der Waals surface area contributed by atoms with E-state index < -0.39 is 0 Å². The van der Waals surface area contributed by atoms with Crippen molar-refractivity contribution >= 4 is 28.5 Å². The molecular formula is C8H6Cl2N2. The van der Waals surface area contributed by atoms with Crippen molar-refractivity contribution in [1.82, 2.24) is 4.90 Å². The zero-order valence-electron chi connectivity index (χ0n) is 6.17. The lowest BCUT2D eigenvalue weighted by Gasteiger charge is -2.27. The van der Waals surface area contributed by atoms with Crippen LogP contribution in [-0.2, 0) is 0 Å². The monoisotopic (exact) mass is 200 g/mol. The number of halogens is 2. The van der Waals surface area contributed by atoms with Crippen LogP contribution in [-0.4, -0.2) is 16.7 Å². The highest BCUT2D eigenvalue weighted by Gasteiger charge is 2.20. The fourth-order valence-corrected chi connectivity index (χ4v) is 1.57. The van der Waals surface area contributed by atoms with Gasteiger partial charge in [-0.05, 0) is 17.7 Å². The van der Waals surface area contributed by atoms with E-state index in [-0.39, 0.29) is 0 Å². The van der Waals surface area contributed by atoms with Gasteiger partial charge in [0.05, 0.1) is 16.9 Å². The van der Waals surface area contributed by atoms with Crippen molar-refractivity contribution in [2.75, 3.05) is 6.54 Å². The topological polar surface area (TPSA) is 15.6 Å². The second-order valence-electron chi connectivity index (χ2n) is 2.47. The minimum absolute atomic E-state index is 0.468. The van der Waals surface area contributed by atoms with Gasteiger partial charge in [0, 0.05) is 6.54 Å². The Kier molecular flexibility index (Phi) is 1.95. The number of aliphatic imine (C=N–C) groups is 1. The normalized spacial score (nSPS) is 21.2. The van der Waals surface area contributed by atoms with Gasteiger partial charge in [0.1, 0.15) is 0 Å². The third kappa shape index (κ3) is 1.17. The molecule has 2 aliphatic rings. The van der Waals surface area contributed by atoms with E-state index in [0.29, 0.717) is 10.3 Å². The van der Waals surface area contributed by atoms with Crippen molar-refractivity contribution in [1.29, 1.82) is 0 Å². The van der Waals surface area contributed by atoms with Crippen LogP contribution < -0.4 is 0 Å². The van der Waals surface area contributed by atoms with Crippen LogP contribution in [0.25, 0.3) is 0 Å². The van der Waals surface area contributed by atoms with Crippen molar-refractivity contribution in [2.24, 2.45) is 4.99 Å². The Labute approximate surface area is 80.5 Å². The number of hydrogen-bond acceptors (Lipinski definition) is 2. The fraction of sp³-hybridized carbons (Fsp3) is 0.125. The first-order valence-corrected chi connectivity index (χ1v) is 4.28. The van der Waals surface area contributed by atoms with Crippen LogP contribution in [0.4, 0.5) is 0 Å². The molecule has 0 aromatic carbocycles. The van der Waals surface area contributed by atoms with Gasteiger partial charge in [0.2, 0.25) is 5.29 Å². The molecule has 62 valence electrons. The highest BCUT2D eigenvalue weighted by molar-refractivity contribution is 6.65. The molecule has 0 aromatic heterocycles. The Bertz CT molecular complexity index is 326. The first-order valence-electron chi connectivity index (χ1n) is 3.53. The smallest absolute Gasteiger partial charge is 0.203 e. The lowest BCUT2D eigenvalue weighted by atomic mass is 10.2. The summed E-state index contributed by atoms with van der Waals surface area (Å²) in [6, 6.07) is 0. The Morgan fingerprint density at radius 3 is 3.00 bits per heavy atom. The summed E-state index contributed by atoms with van der Waals surface area (Å²) in [5.74, 6) is 0. The van der Waals surface area contributed by atoms with E-state index in [1.165, 1.54) is 0 Å². The van der Waals surface area contributed by atoms with Gasteiger partial charge >= 0.3 is 0 Å². The van der Waals surface area contributed by atoms with Crippen LogP contribution in [0.5, 0.6) is 0 Å². The molecule has 4 heteroatoms. The molecule has 0 N–H and O–H groups in total. The minimum Gasteiger partial charge on any atom is -0.311 e. The van der Waals surface area contributed by atoms with E-state index in [0.717, 1.165) is 12.2 Å². The van der Waals surface area contributed by atoms with Gasteiger partial charge in [0.25, 0.3) is 0 Å². The van der Waals surface area contributed by atoms with Crippen molar-refractivity contribution in [3.63, 3.8) is 0 Å². The largest absolute Gasteiger partial charge is 0.311 e. The summed E-state index contributed by atoms with van der Waals surface area (Å²) in [4.78, 5) is 5.79. The summed E-state index contributed by atoms with van der Waals surface area (Å²) in [7, 11) is 0. The van der Waals surface area contributed by atoms with Crippen molar-refractivity contribution < 1.29 is 0 Å². The summed E-state index contributed by atoms with van der Waals surface area (Å²) < 4.78 is 0. The van der Waals surface area contributed by atoms with E-state index >= 15 is 0 Å². The average Bonchev–Trinajstić information content (AvgIpc) is 2.12. The predicted molar refractivity (Wildman–Crippen MR) is 51.2 cm³/mol. The lowest BCUT2D eigenvalue weighted by Crippen LogP contribution is -2.30. The maximum Gasteiger partial charge on any atom is 0.203 e. The Morgan fingerprint density at radius 1 is 1.42 bits per heavy atom. The number of hydrogen-bond donors (Lipinski definition) is 0. The molecule has 0 bridgehead atoms. The first kappa shape index (κ1) is 7.90. The van der Waals surface area contributed by atoms with Crippen LogP contribution in [0.2, 0.25) is 0 Å². The molecule has 0 aliphatic carbocycles. The second kappa shape index (κ2) is 2.96. The third-order valence-corrected chi connectivity index (χ3v) is 2.31. The number of fused-ring (bicyclic) bond motifs is 1. The molecule has 2 nitrogen and oxygen atoms in total. The molecule has 2 heterocycles. The van der Waals surface area contributed by atoms with Gasteiger partial charge in [-0.25, -0.2) is 4.99 Å². The molecule has 0 radical (unpaired) electrons.